The molecule has 138 valence electrons. The normalized spacial score (nSPS) is 23.9. The molecule has 2 aliphatic rings. The molecule has 7 heteroatoms. The summed E-state index contributed by atoms with van der Waals surface area (Å²) in [4.78, 5) is 14.6. The summed E-state index contributed by atoms with van der Waals surface area (Å²) in [6, 6.07) is 7.48. The van der Waals surface area contributed by atoms with Crippen LogP contribution in [0.1, 0.15) is 32.6 Å². The van der Waals surface area contributed by atoms with Crippen molar-refractivity contribution in [2.75, 3.05) is 34.8 Å². The summed E-state index contributed by atoms with van der Waals surface area (Å²) in [5, 5.41) is 6.02. The number of carbonyl (C=O) groups is 1. The maximum atomic E-state index is 12.3. The molecule has 2 aliphatic heterocycles. The first-order valence-corrected chi connectivity index (χ1v) is 10.9. The fourth-order valence-corrected chi connectivity index (χ4v) is 5.14. The maximum Gasteiger partial charge on any atom is 0.242 e. The average Bonchev–Trinajstić information content (AvgIpc) is 2.95. The second-order valence-electron chi connectivity index (χ2n) is 7.07. The molecule has 0 radical (unpaired) electrons. The molecule has 0 bridgehead atoms. The van der Waals surface area contributed by atoms with Crippen LogP contribution in [-0.2, 0) is 14.6 Å². The van der Waals surface area contributed by atoms with Crippen LogP contribution in [0, 0.1) is 0 Å². The van der Waals surface area contributed by atoms with Gasteiger partial charge in [0.2, 0.25) is 5.91 Å². The van der Waals surface area contributed by atoms with Gasteiger partial charge in [-0.05, 0) is 56.9 Å². The van der Waals surface area contributed by atoms with Crippen molar-refractivity contribution in [2.24, 2.45) is 0 Å². The van der Waals surface area contributed by atoms with Gasteiger partial charge < -0.3 is 15.5 Å². The molecule has 1 aromatic rings. The molecular weight excluding hydrogens is 338 g/mol. The molecule has 0 unspecified atom stereocenters. The summed E-state index contributed by atoms with van der Waals surface area (Å²) in [5.41, 5.74) is 2.11. The van der Waals surface area contributed by atoms with E-state index in [0.717, 1.165) is 18.8 Å². The van der Waals surface area contributed by atoms with Gasteiger partial charge >= 0.3 is 0 Å². The molecule has 0 aromatic heterocycles. The van der Waals surface area contributed by atoms with Gasteiger partial charge in [0.05, 0.1) is 11.5 Å². The lowest BCUT2D eigenvalue weighted by molar-refractivity contribution is -0.122. The second kappa shape index (κ2) is 7.64. The first-order valence-electron chi connectivity index (χ1n) is 9.05. The summed E-state index contributed by atoms with van der Waals surface area (Å²) in [7, 11) is -2.98. The highest BCUT2D eigenvalue weighted by Gasteiger charge is 2.29. The zero-order valence-corrected chi connectivity index (χ0v) is 15.5. The summed E-state index contributed by atoms with van der Waals surface area (Å²) < 4.78 is 22.9. The van der Waals surface area contributed by atoms with E-state index in [1.807, 2.05) is 12.1 Å². The van der Waals surface area contributed by atoms with E-state index in [-0.39, 0.29) is 23.5 Å². The van der Waals surface area contributed by atoms with Gasteiger partial charge in [0, 0.05) is 30.5 Å². The number of sulfone groups is 1. The van der Waals surface area contributed by atoms with Crippen molar-refractivity contribution in [3.8, 4) is 0 Å². The third-order valence-corrected chi connectivity index (χ3v) is 6.71. The summed E-state index contributed by atoms with van der Waals surface area (Å²) in [6.45, 7) is 4.00. The van der Waals surface area contributed by atoms with Crippen molar-refractivity contribution < 1.29 is 13.2 Å². The molecule has 0 spiro atoms. The SMILES string of the molecule is C[C@@H](Nc1ccc(N2CCCCC2)cc1)C(=O)N[C@H]1CCS(=O)(=O)C1. The van der Waals surface area contributed by atoms with Gasteiger partial charge in [0.15, 0.2) is 9.84 Å². The molecule has 6 nitrogen and oxygen atoms in total. The minimum Gasteiger partial charge on any atom is -0.374 e. The Morgan fingerprint density at radius 1 is 1.16 bits per heavy atom. The van der Waals surface area contributed by atoms with Crippen LogP contribution in [0.25, 0.3) is 0 Å². The quantitative estimate of drug-likeness (QED) is 0.832. The Morgan fingerprint density at radius 2 is 1.84 bits per heavy atom. The lowest BCUT2D eigenvalue weighted by atomic mass is 10.1. The minimum atomic E-state index is -2.98. The molecule has 2 heterocycles. The Hall–Kier alpha value is -1.76. The molecule has 2 saturated heterocycles. The van der Waals surface area contributed by atoms with Crippen LogP contribution in [0.15, 0.2) is 24.3 Å². The molecule has 0 aliphatic carbocycles. The Kier molecular flexibility index (Phi) is 5.51. The van der Waals surface area contributed by atoms with Gasteiger partial charge in [-0.3, -0.25) is 4.79 Å². The van der Waals surface area contributed by atoms with Crippen LogP contribution < -0.4 is 15.5 Å². The van der Waals surface area contributed by atoms with Crippen LogP contribution in [-0.4, -0.2) is 51.0 Å². The van der Waals surface area contributed by atoms with E-state index in [1.165, 1.54) is 24.9 Å². The van der Waals surface area contributed by atoms with Gasteiger partial charge in [-0.25, -0.2) is 8.42 Å². The number of amides is 1. The van der Waals surface area contributed by atoms with Crippen LogP contribution in [0.2, 0.25) is 0 Å². The first-order chi connectivity index (χ1) is 11.9. The predicted molar refractivity (Wildman–Crippen MR) is 101 cm³/mol. The average molecular weight is 365 g/mol. The van der Waals surface area contributed by atoms with E-state index in [9.17, 15) is 13.2 Å². The van der Waals surface area contributed by atoms with Crippen molar-refractivity contribution in [3.63, 3.8) is 0 Å². The number of nitrogens with zero attached hydrogens (tertiary/aromatic N) is 1. The minimum absolute atomic E-state index is 0.0516. The van der Waals surface area contributed by atoms with E-state index in [0.29, 0.717) is 6.42 Å². The third kappa shape index (κ3) is 4.87. The van der Waals surface area contributed by atoms with Gasteiger partial charge in [0.25, 0.3) is 0 Å². The third-order valence-electron chi connectivity index (χ3n) is 4.94. The molecule has 1 aromatic carbocycles. The number of hydrogen-bond acceptors (Lipinski definition) is 5. The van der Waals surface area contributed by atoms with Gasteiger partial charge in [-0.15, -0.1) is 0 Å². The molecule has 2 atom stereocenters. The predicted octanol–water partition coefficient (Wildman–Crippen LogP) is 1.78. The number of hydrogen-bond donors (Lipinski definition) is 2. The number of carbonyl (C=O) groups excluding carboxylic acids is 1. The fraction of sp³-hybridized carbons (Fsp3) is 0.611. The van der Waals surface area contributed by atoms with Crippen LogP contribution in [0.4, 0.5) is 11.4 Å². The number of nitrogens with one attached hydrogen (secondary N) is 2. The zero-order valence-electron chi connectivity index (χ0n) is 14.7. The molecule has 2 fully saturated rings. The number of piperidine rings is 1. The van der Waals surface area contributed by atoms with E-state index in [4.69, 9.17) is 0 Å². The lowest BCUT2D eigenvalue weighted by Gasteiger charge is -2.29. The smallest absolute Gasteiger partial charge is 0.242 e. The largest absolute Gasteiger partial charge is 0.374 e. The molecule has 25 heavy (non-hydrogen) atoms. The number of anilines is 2. The standard InChI is InChI=1S/C18H27N3O3S/c1-14(18(22)20-16-9-12-25(23,24)13-16)19-15-5-7-17(8-6-15)21-10-3-2-4-11-21/h5-8,14,16,19H,2-4,9-13H2,1H3,(H,20,22)/t14-,16+/m1/s1. The summed E-state index contributed by atoms with van der Waals surface area (Å²) in [5.74, 6) is 0.0514. The highest BCUT2D eigenvalue weighted by Crippen LogP contribution is 2.22. The molecule has 1 amide bonds. The van der Waals surface area contributed by atoms with E-state index in [1.54, 1.807) is 6.92 Å². The lowest BCUT2D eigenvalue weighted by Crippen LogP contribution is -2.43. The van der Waals surface area contributed by atoms with Gasteiger partial charge in [-0.1, -0.05) is 0 Å². The van der Waals surface area contributed by atoms with Crippen LogP contribution >= 0.6 is 0 Å². The first kappa shape index (κ1) is 18.0. The Morgan fingerprint density at radius 3 is 2.44 bits per heavy atom. The topological polar surface area (TPSA) is 78.5 Å². The Labute approximate surface area is 149 Å². The highest BCUT2D eigenvalue weighted by atomic mass is 32.2. The van der Waals surface area contributed by atoms with Gasteiger partial charge in [-0.2, -0.15) is 0 Å². The number of rotatable bonds is 5. The van der Waals surface area contributed by atoms with Crippen molar-refractivity contribution in [2.45, 2.75) is 44.7 Å². The summed E-state index contributed by atoms with van der Waals surface area (Å²) >= 11 is 0. The van der Waals surface area contributed by atoms with Crippen LogP contribution in [0.5, 0.6) is 0 Å². The second-order valence-corrected chi connectivity index (χ2v) is 9.30. The highest BCUT2D eigenvalue weighted by molar-refractivity contribution is 7.91. The van der Waals surface area contributed by atoms with Gasteiger partial charge in [0.1, 0.15) is 6.04 Å². The van der Waals surface area contributed by atoms with E-state index in [2.05, 4.69) is 27.7 Å². The molecular formula is C18H27N3O3S. The molecule has 0 saturated carbocycles. The van der Waals surface area contributed by atoms with E-state index < -0.39 is 15.9 Å². The molecule has 3 rings (SSSR count). The van der Waals surface area contributed by atoms with E-state index >= 15 is 0 Å². The molecule has 2 N–H and O–H groups in total. The summed E-state index contributed by atoms with van der Waals surface area (Å²) in [6.07, 6.45) is 4.30. The van der Waals surface area contributed by atoms with Crippen molar-refractivity contribution >= 4 is 27.1 Å². The fourth-order valence-electron chi connectivity index (χ4n) is 3.47. The Bertz CT molecular complexity index is 697. The van der Waals surface area contributed by atoms with Crippen molar-refractivity contribution in [3.05, 3.63) is 24.3 Å². The number of benzene rings is 1. The zero-order chi connectivity index (χ0) is 17.9. The maximum absolute atomic E-state index is 12.3. The monoisotopic (exact) mass is 365 g/mol. The van der Waals surface area contributed by atoms with Crippen LogP contribution in [0.3, 0.4) is 0 Å². The van der Waals surface area contributed by atoms with Crippen molar-refractivity contribution in [1.29, 1.82) is 0 Å². The Balaban J connectivity index is 1.51. The van der Waals surface area contributed by atoms with Crippen molar-refractivity contribution in [1.82, 2.24) is 5.32 Å².